The van der Waals surface area contributed by atoms with Crippen molar-refractivity contribution in [2.75, 3.05) is 36.1 Å². The third-order valence-corrected chi connectivity index (χ3v) is 13.8. The van der Waals surface area contributed by atoms with Gasteiger partial charge < -0.3 is 35.2 Å². The highest BCUT2D eigenvalue weighted by atomic mass is 32.1. The molecule has 394 valence electrons. The van der Waals surface area contributed by atoms with E-state index in [9.17, 15) is 37.1 Å². The Labute approximate surface area is 438 Å². The van der Waals surface area contributed by atoms with Gasteiger partial charge in [-0.1, -0.05) is 45.0 Å². The molecule has 2 saturated heterocycles. The van der Waals surface area contributed by atoms with E-state index in [-0.39, 0.29) is 55.1 Å². The maximum absolute atomic E-state index is 15.5. The van der Waals surface area contributed by atoms with Crippen LogP contribution in [0.1, 0.15) is 86.6 Å². The van der Waals surface area contributed by atoms with Crippen LogP contribution >= 0.6 is 23.6 Å². The number of nitrogens with one attached hydrogen (secondary N) is 3. The van der Waals surface area contributed by atoms with E-state index in [2.05, 4.69) is 25.9 Å². The number of pyridine rings is 1. The van der Waals surface area contributed by atoms with Crippen LogP contribution in [-0.4, -0.2) is 93.4 Å². The number of halogens is 5. The quantitative estimate of drug-likeness (QED) is 0.0458. The number of carbonyl (C=O) groups excluding carboxylic acids is 5. The lowest BCUT2D eigenvalue weighted by atomic mass is 9.85. The number of nitrogens with zero attached hydrogens (tertiary/aromatic N) is 6. The first kappa shape index (κ1) is 55.3. The van der Waals surface area contributed by atoms with Gasteiger partial charge in [0.2, 0.25) is 17.7 Å². The average Bonchev–Trinajstić information content (AvgIpc) is 4.07. The minimum absolute atomic E-state index is 0.0879. The Bertz CT molecular complexity index is 3050. The molecule has 4 heterocycles. The van der Waals surface area contributed by atoms with E-state index in [0.717, 1.165) is 51.0 Å². The highest BCUT2D eigenvalue weighted by Crippen LogP contribution is 2.42. The van der Waals surface area contributed by atoms with Gasteiger partial charge >= 0.3 is 6.18 Å². The number of hydrogen-bond acceptors (Lipinski definition) is 12. The van der Waals surface area contributed by atoms with Gasteiger partial charge in [-0.15, -0.1) is 11.3 Å². The highest BCUT2D eigenvalue weighted by molar-refractivity contribution is 7.81. The summed E-state index contributed by atoms with van der Waals surface area (Å²) in [5.74, 6) is -5.87. The zero-order valence-corrected chi connectivity index (χ0v) is 43.2. The molecule has 16 nitrogen and oxygen atoms in total. The first-order valence-electron chi connectivity index (χ1n) is 23.6. The van der Waals surface area contributed by atoms with Crippen molar-refractivity contribution in [3.05, 3.63) is 118 Å². The van der Waals surface area contributed by atoms with Crippen LogP contribution < -0.4 is 30.5 Å². The van der Waals surface area contributed by atoms with Gasteiger partial charge in [-0.3, -0.25) is 28.9 Å². The number of aromatic nitrogens is 2. The third kappa shape index (κ3) is 12.2. The van der Waals surface area contributed by atoms with Crippen molar-refractivity contribution >= 4 is 69.6 Å². The molecule has 2 fully saturated rings. The lowest BCUT2D eigenvalue weighted by Crippen LogP contribution is -2.58. The third-order valence-electron chi connectivity index (χ3n) is 12.5. The van der Waals surface area contributed by atoms with Gasteiger partial charge in [0, 0.05) is 37.9 Å². The maximum Gasteiger partial charge on any atom is 0.420 e. The highest BCUT2D eigenvalue weighted by Gasteiger charge is 2.52. The molecule has 7 rings (SSSR count). The number of likely N-dealkylation sites (tertiary alicyclic amines) is 1. The van der Waals surface area contributed by atoms with Crippen LogP contribution in [0.15, 0.2) is 78.4 Å². The second kappa shape index (κ2) is 22.6. The normalized spacial score (nSPS) is 15.9. The Balaban J connectivity index is 0.851. The summed E-state index contributed by atoms with van der Waals surface area (Å²) in [5, 5.41) is 17.2. The van der Waals surface area contributed by atoms with Crippen molar-refractivity contribution in [2.45, 2.75) is 91.1 Å². The molecule has 5 amide bonds. The lowest BCUT2D eigenvalue weighted by Gasteiger charge is -2.35. The Hall–Kier alpha value is -7.42. The molecule has 2 aliphatic heterocycles. The second-order valence-corrected chi connectivity index (χ2v) is 20.5. The summed E-state index contributed by atoms with van der Waals surface area (Å²) in [6, 6.07) is 15.7. The smallest absolute Gasteiger partial charge is 0.420 e. The maximum atomic E-state index is 15.5. The van der Waals surface area contributed by atoms with Crippen molar-refractivity contribution in [1.82, 2.24) is 30.8 Å². The van der Waals surface area contributed by atoms with Crippen LogP contribution in [0.25, 0.3) is 10.4 Å². The van der Waals surface area contributed by atoms with Gasteiger partial charge in [-0.25, -0.2) is 18.7 Å². The van der Waals surface area contributed by atoms with Crippen molar-refractivity contribution in [3.8, 4) is 28.1 Å². The van der Waals surface area contributed by atoms with Crippen LogP contribution in [0, 0.1) is 35.3 Å². The van der Waals surface area contributed by atoms with Gasteiger partial charge in [0.05, 0.1) is 45.3 Å². The van der Waals surface area contributed by atoms with Crippen LogP contribution in [0.5, 0.6) is 11.6 Å². The van der Waals surface area contributed by atoms with E-state index in [1.54, 1.807) is 16.8 Å². The molecule has 5 aromatic rings. The van der Waals surface area contributed by atoms with Crippen molar-refractivity contribution < 1.29 is 55.4 Å². The Morgan fingerprint density at radius 3 is 2.33 bits per heavy atom. The summed E-state index contributed by atoms with van der Waals surface area (Å²) >= 11 is 6.98. The molecule has 2 aliphatic rings. The topological polar surface area (TPSA) is 199 Å². The number of anilines is 2. The number of alkyl halides is 3. The Kier molecular flexibility index (Phi) is 16.7. The molecule has 0 bridgehead atoms. The minimum atomic E-state index is -5.27. The largest absolute Gasteiger partial charge is 0.436 e. The number of aryl methyl sites for hydroxylation is 1. The van der Waals surface area contributed by atoms with E-state index in [1.807, 2.05) is 52.0 Å². The predicted molar refractivity (Wildman–Crippen MR) is 271 cm³/mol. The molecule has 3 N–H and O–H groups in total. The summed E-state index contributed by atoms with van der Waals surface area (Å²) in [4.78, 5) is 79.4. The van der Waals surface area contributed by atoms with Crippen LogP contribution in [0.3, 0.4) is 0 Å². The van der Waals surface area contributed by atoms with Crippen molar-refractivity contribution in [1.29, 1.82) is 5.26 Å². The van der Waals surface area contributed by atoms with Gasteiger partial charge in [0.1, 0.15) is 35.5 Å². The van der Waals surface area contributed by atoms with E-state index in [4.69, 9.17) is 27.0 Å². The summed E-state index contributed by atoms with van der Waals surface area (Å²) in [7, 11) is 0. The summed E-state index contributed by atoms with van der Waals surface area (Å²) < 4.78 is 83.4. The first-order chi connectivity index (χ1) is 35.4. The molecule has 3 aromatic carbocycles. The number of carbonyl (C=O) groups is 5. The summed E-state index contributed by atoms with van der Waals surface area (Å²) in [6.45, 7) is 10.7. The molecule has 2 atom stereocenters. The zero-order valence-electron chi connectivity index (χ0n) is 41.6. The number of benzene rings is 3. The fourth-order valence-electron chi connectivity index (χ4n) is 8.57. The molecule has 0 unspecified atom stereocenters. The average molecular weight is 1070 g/mol. The zero-order chi connectivity index (χ0) is 54.6. The molecule has 0 radical (unpaired) electrons. The number of ether oxygens (including phenoxy) is 2. The van der Waals surface area contributed by atoms with Crippen LogP contribution in [0.2, 0.25) is 0 Å². The first-order valence-corrected chi connectivity index (χ1v) is 24.9. The number of rotatable bonds is 17. The van der Waals surface area contributed by atoms with Crippen LogP contribution in [0.4, 0.5) is 33.3 Å². The Morgan fingerprint density at radius 1 is 1.00 bits per heavy atom. The molecular weight excluding hydrogens is 1020 g/mol. The monoisotopic (exact) mass is 1070 g/mol. The molecule has 0 aliphatic carbocycles. The second-order valence-electron chi connectivity index (χ2n) is 19.3. The number of thiazole rings is 1. The number of nitriles is 1. The van der Waals surface area contributed by atoms with E-state index < -0.39 is 86.4 Å². The lowest BCUT2D eigenvalue weighted by molar-refractivity contribution is -0.144. The molecule has 2 aromatic heterocycles. The fraction of sp³-hybridized carbons (Fsp3) is 0.365. The summed E-state index contributed by atoms with van der Waals surface area (Å²) in [6.07, 6.45) is -2.71. The van der Waals surface area contributed by atoms with Gasteiger partial charge in [0.15, 0.2) is 16.7 Å². The van der Waals surface area contributed by atoms with E-state index in [1.165, 1.54) is 49.1 Å². The molecule has 0 spiro atoms. The van der Waals surface area contributed by atoms with Gasteiger partial charge in [-0.05, 0) is 105 Å². The van der Waals surface area contributed by atoms with Crippen molar-refractivity contribution in [2.24, 2.45) is 5.41 Å². The molecule has 23 heteroatoms. The van der Waals surface area contributed by atoms with E-state index in [0.29, 0.717) is 30.7 Å². The van der Waals surface area contributed by atoms with E-state index >= 15 is 8.78 Å². The van der Waals surface area contributed by atoms with Gasteiger partial charge in [0.25, 0.3) is 17.7 Å². The number of thiocarbonyl (C=S) groups is 1. The Morgan fingerprint density at radius 2 is 1.71 bits per heavy atom. The minimum Gasteiger partial charge on any atom is -0.436 e. The predicted octanol–water partition coefficient (Wildman–Crippen LogP) is 8.37. The van der Waals surface area contributed by atoms with Crippen LogP contribution in [-0.2, 0) is 36.6 Å². The van der Waals surface area contributed by atoms with Crippen molar-refractivity contribution in [3.63, 3.8) is 0 Å². The summed E-state index contributed by atoms with van der Waals surface area (Å²) in [5.41, 5.74) is -1.23. The number of hydrogen-bond donors (Lipinski definition) is 3. The SMILES string of the molecule is Cc1ncsc1-c1ccc(CNC(=O)[C@@H]2CCCN2C(=O)[C@@H](NC(=O)COCCCNC(=O)c2ccc(Oc3ncc(N4C(=S)N(c5ccc(C#N)c(C(F)(F)F)c5F)C(=O)C4(C)C)cc3F)cc2)C(C)(C)C)cc1. The molecule has 75 heavy (non-hydrogen) atoms. The molecule has 0 saturated carbocycles. The fourth-order valence-corrected chi connectivity index (χ4v) is 9.90. The van der Waals surface area contributed by atoms with Gasteiger partial charge in [-0.2, -0.15) is 18.4 Å². The standard InChI is InChI=1S/C52H52F5N9O7S2/c1-29-42(75-28-62-29)31-12-10-30(11-13-31)25-60-45(69)38-9-7-21-64(38)47(70)43(50(2,3)4)63-39(67)27-72-22-8-20-59-44(68)32-14-17-35(18-15-32)73-46-36(53)23-34(26-61-46)66-49(74)65(48(71)51(66,5)6)37-19-16-33(24-58)40(41(37)54)52(55,56)57/h10-19,23,26,28,38,43H,7-9,20-22,25,27H2,1-6H3,(H,59,68)(H,60,69)(H,63,67)/t38-,43+/m0/s1. The molecular formula is C52H52F5N9O7S2. The number of amides is 5.